The summed E-state index contributed by atoms with van der Waals surface area (Å²) < 4.78 is 31.9. The number of nitrogens with zero attached hydrogens (tertiary/aromatic N) is 1. The van der Waals surface area contributed by atoms with Crippen LogP contribution in [-0.4, -0.2) is 25.9 Å². The standard InChI is InChI=1S/C18H18N2O6S/c1-3-10-19-27(24,25)17-9-5-7-15(12-17)18(21)26-13(2)14-6-4-8-16(11-14)20(22)23/h3-9,11-13,19H,1,10H2,2H3/t13-/m1/s1. The molecule has 0 aromatic heterocycles. The van der Waals surface area contributed by atoms with E-state index in [4.69, 9.17) is 4.74 Å². The van der Waals surface area contributed by atoms with Gasteiger partial charge in [0.1, 0.15) is 6.10 Å². The molecular formula is C18H18N2O6S. The molecule has 2 aromatic carbocycles. The second-order valence-electron chi connectivity index (χ2n) is 5.57. The number of sulfonamides is 1. The number of non-ortho nitro benzene ring substituents is 1. The van der Waals surface area contributed by atoms with Crippen molar-refractivity contribution in [3.63, 3.8) is 0 Å². The molecule has 0 saturated carbocycles. The first-order valence-corrected chi connectivity index (χ1v) is 9.39. The molecule has 0 aliphatic rings. The van der Waals surface area contributed by atoms with Crippen molar-refractivity contribution in [2.75, 3.05) is 6.54 Å². The average molecular weight is 390 g/mol. The Morgan fingerprint density at radius 1 is 1.30 bits per heavy atom. The zero-order valence-electron chi connectivity index (χ0n) is 14.5. The number of ether oxygens (including phenoxy) is 1. The summed E-state index contributed by atoms with van der Waals surface area (Å²) in [5.74, 6) is -0.741. The summed E-state index contributed by atoms with van der Waals surface area (Å²) in [6.07, 6.45) is 0.646. The van der Waals surface area contributed by atoms with E-state index in [9.17, 15) is 23.3 Å². The van der Waals surface area contributed by atoms with Crippen molar-refractivity contribution in [2.24, 2.45) is 0 Å². The van der Waals surface area contributed by atoms with E-state index in [1.54, 1.807) is 13.0 Å². The van der Waals surface area contributed by atoms with Gasteiger partial charge in [0, 0.05) is 18.7 Å². The van der Waals surface area contributed by atoms with Crippen molar-refractivity contribution in [1.29, 1.82) is 0 Å². The molecule has 8 nitrogen and oxygen atoms in total. The minimum atomic E-state index is -3.78. The zero-order chi connectivity index (χ0) is 20.0. The van der Waals surface area contributed by atoms with Gasteiger partial charge in [-0.05, 0) is 30.7 Å². The van der Waals surface area contributed by atoms with Crippen LogP contribution in [0.4, 0.5) is 5.69 Å². The Bertz CT molecular complexity index is 971. The van der Waals surface area contributed by atoms with Crippen LogP contribution in [-0.2, 0) is 14.8 Å². The molecule has 0 amide bonds. The van der Waals surface area contributed by atoms with Gasteiger partial charge in [0.15, 0.2) is 0 Å². The van der Waals surface area contributed by atoms with E-state index in [1.165, 1.54) is 48.5 Å². The van der Waals surface area contributed by atoms with Crippen LogP contribution < -0.4 is 4.72 Å². The number of carbonyl (C=O) groups excluding carboxylic acids is 1. The molecule has 0 saturated heterocycles. The van der Waals surface area contributed by atoms with Gasteiger partial charge in [-0.3, -0.25) is 10.1 Å². The van der Waals surface area contributed by atoms with E-state index in [0.29, 0.717) is 5.56 Å². The number of hydrogen-bond donors (Lipinski definition) is 1. The van der Waals surface area contributed by atoms with Gasteiger partial charge in [-0.1, -0.05) is 24.3 Å². The summed E-state index contributed by atoms with van der Waals surface area (Å²) in [6.45, 7) is 5.07. The lowest BCUT2D eigenvalue weighted by atomic mass is 10.1. The second-order valence-corrected chi connectivity index (χ2v) is 7.33. The minimum absolute atomic E-state index is 0.0498. The van der Waals surface area contributed by atoms with E-state index < -0.39 is 27.0 Å². The second kappa shape index (κ2) is 8.56. The van der Waals surface area contributed by atoms with Crippen LogP contribution in [0.5, 0.6) is 0 Å². The topological polar surface area (TPSA) is 116 Å². The first kappa shape index (κ1) is 20.3. The highest BCUT2D eigenvalue weighted by Gasteiger charge is 2.19. The van der Waals surface area contributed by atoms with Crippen molar-refractivity contribution in [3.8, 4) is 0 Å². The monoisotopic (exact) mass is 390 g/mol. The van der Waals surface area contributed by atoms with Gasteiger partial charge in [-0.25, -0.2) is 17.9 Å². The molecule has 9 heteroatoms. The maximum Gasteiger partial charge on any atom is 0.338 e. The van der Waals surface area contributed by atoms with Crippen molar-refractivity contribution in [1.82, 2.24) is 4.72 Å². The SMILES string of the molecule is C=CCNS(=O)(=O)c1cccc(C(=O)O[C@H](C)c2cccc([N+](=O)[O-])c2)c1. The molecule has 0 spiro atoms. The summed E-state index contributed by atoms with van der Waals surface area (Å²) in [7, 11) is -3.78. The largest absolute Gasteiger partial charge is 0.454 e. The highest BCUT2D eigenvalue weighted by atomic mass is 32.2. The van der Waals surface area contributed by atoms with Crippen LogP contribution in [0.15, 0.2) is 66.1 Å². The van der Waals surface area contributed by atoms with E-state index in [-0.39, 0.29) is 22.7 Å². The Morgan fingerprint density at radius 3 is 2.67 bits per heavy atom. The Balaban J connectivity index is 2.18. The molecule has 0 aliphatic heterocycles. The van der Waals surface area contributed by atoms with Gasteiger partial charge < -0.3 is 4.74 Å². The maximum absolute atomic E-state index is 12.4. The molecule has 0 unspecified atom stereocenters. The minimum Gasteiger partial charge on any atom is -0.454 e. The molecule has 1 N–H and O–H groups in total. The molecule has 2 rings (SSSR count). The van der Waals surface area contributed by atoms with Gasteiger partial charge >= 0.3 is 5.97 Å². The summed E-state index contributed by atoms with van der Waals surface area (Å²) in [5, 5.41) is 10.9. The average Bonchev–Trinajstić information content (AvgIpc) is 2.66. The van der Waals surface area contributed by atoms with Crippen LogP contribution in [0.2, 0.25) is 0 Å². The van der Waals surface area contributed by atoms with Crippen LogP contribution >= 0.6 is 0 Å². The number of nitrogens with one attached hydrogen (secondary N) is 1. The third-order valence-corrected chi connectivity index (χ3v) is 5.05. The molecule has 0 fully saturated rings. The third kappa shape index (κ3) is 5.22. The molecule has 1 atom stereocenters. The van der Waals surface area contributed by atoms with Crippen molar-refractivity contribution in [2.45, 2.75) is 17.9 Å². The van der Waals surface area contributed by atoms with Crippen LogP contribution in [0.25, 0.3) is 0 Å². The highest BCUT2D eigenvalue weighted by molar-refractivity contribution is 7.89. The lowest BCUT2D eigenvalue weighted by Gasteiger charge is -2.14. The molecule has 0 heterocycles. The smallest absolute Gasteiger partial charge is 0.338 e. The van der Waals surface area contributed by atoms with Crippen molar-refractivity contribution in [3.05, 3.63) is 82.4 Å². The number of hydrogen-bond acceptors (Lipinski definition) is 6. The lowest BCUT2D eigenvalue weighted by Crippen LogP contribution is -2.24. The molecule has 0 bridgehead atoms. The number of esters is 1. The van der Waals surface area contributed by atoms with E-state index in [1.807, 2.05) is 0 Å². The quantitative estimate of drug-likeness (QED) is 0.321. The Labute approximate surface area is 156 Å². The van der Waals surface area contributed by atoms with E-state index in [0.717, 1.165) is 0 Å². The van der Waals surface area contributed by atoms with Gasteiger partial charge in [0.25, 0.3) is 5.69 Å². The Morgan fingerprint density at radius 2 is 2.00 bits per heavy atom. The Kier molecular flexibility index (Phi) is 6.43. The first-order chi connectivity index (χ1) is 12.7. The normalized spacial score (nSPS) is 12.2. The van der Waals surface area contributed by atoms with Crippen LogP contribution in [0.3, 0.4) is 0 Å². The summed E-state index contributed by atoms with van der Waals surface area (Å²) >= 11 is 0. The number of benzene rings is 2. The fourth-order valence-electron chi connectivity index (χ4n) is 2.23. The third-order valence-electron chi connectivity index (χ3n) is 3.63. The van der Waals surface area contributed by atoms with Crippen LogP contribution in [0, 0.1) is 10.1 Å². The van der Waals surface area contributed by atoms with Crippen LogP contribution in [0.1, 0.15) is 28.9 Å². The molecule has 0 radical (unpaired) electrons. The summed E-state index contributed by atoms with van der Waals surface area (Å²) in [4.78, 5) is 22.6. The maximum atomic E-state index is 12.4. The first-order valence-electron chi connectivity index (χ1n) is 7.90. The van der Waals surface area contributed by atoms with Gasteiger partial charge in [0.2, 0.25) is 10.0 Å². The zero-order valence-corrected chi connectivity index (χ0v) is 15.3. The van der Waals surface area contributed by atoms with Gasteiger partial charge in [-0.2, -0.15) is 0 Å². The van der Waals surface area contributed by atoms with Gasteiger partial charge in [0.05, 0.1) is 15.4 Å². The Hall–Kier alpha value is -3.04. The van der Waals surface area contributed by atoms with Crippen molar-refractivity contribution >= 4 is 21.7 Å². The number of carbonyl (C=O) groups is 1. The van der Waals surface area contributed by atoms with Crippen molar-refractivity contribution < 1.29 is 22.9 Å². The summed E-state index contributed by atoms with van der Waals surface area (Å²) in [5.41, 5.74) is 0.388. The number of nitro benzene ring substituents is 1. The predicted octanol–water partition coefficient (Wildman–Crippen LogP) is 2.98. The molecular weight excluding hydrogens is 372 g/mol. The highest BCUT2D eigenvalue weighted by Crippen LogP contribution is 2.23. The molecule has 142 valence electrons. The predicted molar refractivity (Wildman–Crippen MR) is 98.8 cm³/mol. The van der Waals surface area contributed by atoms with E-state index >= 15 is 0 Å². The lowest BCUT2D eigenvalue weighted by molar-refractivity contribution is -0.385. The number of nitro groups is 1. The fraction of sp³-hybridized carbons (Fsp3) is 0.167. The van der Waals surface area contributed by atoms with E-state index in [2.05, 4.69) is 11.3 Å². The fourth-order valence-corrected chi connectivity index (χ4v) is 3.27. The summed E-state index contributed by atoms with van der Waals surface area (Å²) in [6, 6.07) is 11.2. The molecule has 27 heavy (non-hydrogen) atoms. The molecule has 2 aromatic rings. The molecule has 0 aliphatic carbocycles. The van der Waals surface area contributed by atoms with Gasteiger partial charge in [-0.15, -0.1) is 6.58 Å². The number of rotatable bonds is 8.